The van der Waals surface area contributed by atoms with Crippen LogP contribution in [0.5, 0.6) is 0 Å². The lowest BCUT2D eigenvalue weighted by Gasteiger charge is -2.40. The van der Waals surface area contributed by atoms with Crippen molar-refractivity contribution in [1.82, 2.24) is 20.9 Å². The summed E-state index contributed by atoms with van der Waals surface area (Å²) in [6.07, 6.45) is 1.31. The number of thioether (sulfide) groups is 1. The van der Waals surface area contributed by atoms with Crippen LogP contribution in [0.15, 0.2) is 0 Å². The fraction of sp³-hybridized carbons (Fsp3) is 0.750. The van der Waals surface area contributed by atoms with Crippen molar-refractivity contribution in [2.24, 2.45) is 0 Å². The van der Waals surface area contributed by atoms with Crippen LogP contribution < -0.4 is 16.0 Å². The van der Waals surface area contributed by atoms with E-state index in [9.17, 15) is 14.4 Å². The molecule has 8 heteroatoms. The second-order valence-corrected chi connectivity index (χ2v) is 6.59. The average Bonchev–Trinajstić information content (AvgIpc) is 2.73. The van der Waals surface area contributed by atoms with Crippen LogP contribution in [-0.4, -0.2) is 65.5 Å². The van der Waals surface area contributed by atoms with Crippen molar-refractivity contribution in [1.29, 1.82) is 0 Å². The van der Waals surface area contributed by atoms with Crippen LogP contribution in [-0.2, 0) is 9.59 Å². The molecule has 0 bridgehead atoms. The van der Waals surface area contributed by atoms with Crippen molar-refractivity contribution in [2.75, 3.05) is 31.1 Å². The molecule has 2 unspecified atom stereocenters. The number of carbonyl (C=O) groups excluding carboxylic acids is 3. The Morgan fingerprint density at radius 3 is 2.90 bits per heavy atom. The monoisotopic (exact) mass is 298 g/mol. The summed E-state index contributed by atoms with van der Waals surface area (Å²) in [6, 6.07) is -0.639. The van der Waals surface area contributed by atoms with Gasteiger partial charge in [-0.2, -0.15) is 11.8 Å². The fourth-order valence-corrected chi connectivity index (χ4v) is 3.93. The molecule has 3 saturated heterocycles. The van der Waals surface area contributed by atoms with Crippen LogP contribution in [0.25, 0.3) is 0 Å². The number of urea groups is 1. The van der Waals surface area contributed by atoms with Gasteiger partial charge in [0.05, 0.1) is 12.6 Å². The first-order valence-corrected chi connectivity index (χ1v) is 8.00. The largest absolute Gasteiger partial charge is 0.338 e. The van der Waals surface area contributed by atoms with E-state index in [0.717, 1.165) is 24.5 Å². The molecule has 4 amide bonds. The molecule has 1 spiro atoms. The maximum Gasteiger partial charge on any atom is 0.322 e. The van der Waals surface area contributed by atoms with Crippen LogP contribution >= 0.6 is 11.8 Å². The van der Waals surface area contributed by atoms with Gasteiger partial charge in [0.1, 0.15) is 5.54 Å². The minimum Gasteiger partial charge on any atom is -0.338 e. The van der Waals surface area contributed by atoms with Gasteiger partial charge in [-0.15, -0.1) is 0 Å². The maximum atomic E-state index is 12.5. The topological polar surface area (TPSA) is 90.5 Å². The van der Waals surface area contributed by atoms with Crippen molar-refractivity contribution in [3.8, 4) is 0 Å². The van der Waals surface area contributed by atoms with E-state index in [1.165, 1.54) is 0 Å². The molecule has 110 valence electrons. The Bertz CT molecular complexity index is 452. The Hall–Kier alpha value is -1.28. The number of likely N-dealkylation sites (tertiary alicyclic amines) is 1. The third-order valence-electron chi connectivity index (χ3n) is 4.04. The van der Waals surface area contributed by atoms with Crippen molar-refractivity contribution >= 4 is 29.6 Å². The molecule has 0 aromatic heterocycles. The number of imide groups is 1. The molecule has 0 aromatic carbocycles. The zero-order valence-corrected chi connectivity index (χ0v) is 11.9. The normalized spacial score (nSPS) is 34.0. The highest BCUT2D eigenvalue weighted by molar-refractivity contribution is 7.99. The second-order valence-electron chi connectivity index (χ2n) is 5.44. The van der Waals surface area contributed by atoms with Crippen LogP contribution in [0.3, 0.4) is 0 Å². The summed E-state index contributed by atoms with van der Waals surface area (Å²) >= 11 is 1.76. The summed E-state index contributed by atoms with van der Waals surface area (Å²) in [5, 5.41) is 8.17. The van der Waals surface area contributed by atoms with E-state index in [1.54, 1.807) is 16.7 Å². The second kappa shape index (κ2) is 5.25. The first-order chi connectivity index (χ1) is 9.61. The molecule has 20 heavy (non-hydrogen) atoms. The quantitative estimate of drug-likeness (QED) is 0.534. The predicted molar refractivity (Wildman–Crippen MR) is 74.3 cm³/mol. The molecule has 7 nitrogen and oxygen atoms in total. The molecule has 0 radical (unpaired) electrons. The van der Waals surface area contributed by atoms with Crippen LogP contribution in [0.2, 0.25) is 0 Å². The van der Waals surface area contributed by atoms with Gasteiger partial charge in [0.2, 0.25) is 5.91 Å². The fourth-order valence-electron chi connectivity index (χ4n) is 3.00. The van der Waals surface area contributed by atoms with Crippen molar-refractivity contribution < 1.29 is 14.4 Å². The van der Waals surface area contributed by atoms with Gasteiger partial charge in [-0.1, -0.05) is 0 Å². The van der Waals surface area contributed by atoms with Gasteiger partial charge in [0.25, 0.3) is 5.91 Å². The molecule has 0 saturated carbocycles. The minimum absolute atomic E-state index is 0.0326. The zero-order chi connectivity index (χ0) is 14.2. The molecule has 3 rings (SSSR count). The molecule has 3 aliphatic heterocycles. The minimum atomic E-state index is -0.924. The number of carbonyl (C=O) groups is 3. The highest BCUT2D eigenvalue weighted by atomic mass is 32.2. The van der Waals surface area contributed by atoms with Gasteiger partial charge in [0, 0.05) is 24.6 Å². The van der Waals surface area contributed by atoms with Gasteiger partial charge in [-0.25, -0.2) is 4.79 Å². The van der Waals surface area contributed by atoms with Crippen LogP contribution in [0, 0.1) is 0 Å². The Labute approximate surface area is 121 Å². The van der Waals surface area contributed by atoms with E-state index in [-0.39, 0.29) is 24.4 Å². The molecular formula is C12H18N4O3S. The van der Waals surface area contributed by atoms with Gasteiger partial charge in [-0.05, 0) is 12.8 Å². The number of amides is 4. The summed E-state index contributed by atoms with van der Waals surface area (Å²) in [5.74, 6) is 1.50. The van der Waals surface area contributed by atoms with Crippen molar-refractivity contribution in [2.45, 2.75) is 24.4 Å². The summed E-state index contributed by atoms with van der Waals surface area (Å²) in [6.45, 7) is 1.75. The Morgan fingerprint density at radius 1 is 1.40 bits per heavy atom. The molecule has 0 aliphatic carbocycles. The van der Waals surface area contributed by atoms with Crippen LogP contribution in [0.4, 0.5) is 4.79 Å². The summed E-state index contributed by atoms with van der Waals surface area (Å²) in [4.78, 5) is 37.5. The van der Waals surface area contributed by atoms with Crippen LogP contribution in [0.1, 0.15) is 12.8 Å². The zero-order valence-electron chi connectivity index (χ0n) is 11.1. The van der Waals surface area contributed by atoms with E-state index in [4.69, 9.17) is 0 Å². The third kappa shape index (κ3) is 2.37. The van der Waals surface area contributed by atoms with Crippen molar-refractivity contribution in [3.05, 3.63) is 0 Å². The van der Waals surface area contributed by atoms with E-state index in [1.807, 2.05) is 0 Å². The first-order valence-electron chi connectivity index (χ1n) is 6.84. The van der Waals surface area contributed by atoms with Gasteiger partial charge >= 0.3 is 6.03 Å². The molecular weight excluding hydrogens is 280 g/mol. The molecule has 3 aliphatic rings. The lowest BCUT2D eigenvalue weighted by Crippen LogP contribution is -2.62. The standard InChI is InChI=1S/C12H18N4O3S/c17-9(8-6-20-5-3-13-8)16-4-1-2-12(7-16)10(18)14-11(19)15-12/h8,13H,1-7H2,(H2,14,15,18,19). The maximum absolute atomic E-state index is 12.5. The summed E-state index contributed by atoms with van der Waals surface area (Å²) in [7, 11) is 0. The predicted octanol–water partition coefficient (Wildman–Crippen LogP) is -1.11. The van der Waals surface area contributed by atoms with Gasteiger partial charge in [0.15, 0.2) is 0 Å². The molecule has 0 aromatic rings. The van der Waals surface area contributed by atoms with Crippen molar-refractivity contribution in [3.63, 3.8) is 0 Å². The number of nitrogens with one attached hydrogen (secondary N) is 3. The van der Waals surface area contributed by atoms with E-state index in [0.29, 0.717) is 13.0 Å². The lowest BCUT2D eigenvalue weighted by atomic mass is 9.89. The number of piperidine rings is 1. The molecule has 3 heterocycles. The SMILES string of the molecule is O=C1NC(=O)C2(CCCN(C(=O)C3CSCCN3)C2)N1. The highest BCUT2D eigenvalue weighted by Gasteiger charge is 2.49. The average molecular weight is 298 g/mol. The summed E-state index contributed by atoms with van der Waals surface area (Å²) in [5.41, 5.74) is -0.924. The number of hydrogen-bond acceptors (Lipinski definition) is 5. The van der Waals surface area contributed by atoms with E-state index < -0.39 is 11.6 Å². The summed E-state index contributed by atoms with van der Waals surface area (Å²) < 4.78 is 0. The van der Waals surface area contributed by atoms with E-state index >= 15 is 0 Å². The van der Waals surface area contributed by atoms with Gasteiger partial charge in [-0.3, -0.25) is 14.9 Å². The molecule has 3 N–H and O–H groups in total. The Morgan fingerprint density at radius 2 is 2.25 bits per heavy atom. The lowest BCUT2D eigenvalue weighted by molar-refractivity contribution is -0.137. The third-order valence-corrected chi connectivity index (χ3v) is 5.10. The van der Waals surface area contributed by atoms with Gasteiger partial charge < -0.3 is 15.5 Å². The number of hydrogen-bond donors (Lipinski definition) is 3. The highest BCUT2D eigenvalue weighted by Crippen LogP contribution is 2.25. The number of nitrogens with zero attached hydrogens (tertiary/aromatic N) is 1. The van der Waals surface area contributed by atoms with E-state index in [2.05, 4.69) is 16.0 Å². The molecule has 2 atom stereocenters. The smallest absolute Gasteiger partial charge is 0.322 e. The molecule has 3 fully saturated rings. The Kier molecular flexibility index (Phi) is 3.59. The number of rotatable bonds is 1. The Balaban J connectivity index is 1.70. The first kappa shape index (κ1) is 13.7.